The van der Waals surface area contributed by atoms with E-state index in [0.717, 1.165) is 11.6 Å². The normalized spacial score (nSPS) is 13.0. The lowest BCUT2D eigenvalue weighted by molar-refractivity contribution is -0.376. The summed E-state index contributed by atoms with van der Waals surface area (Å²) in [7, 11) is 0. The lowest BCUT2D eigenvalue weighted by Crippen LogP contribution is -2.53. The Balaban J connectivity index is 2.31. The van der Waals surface area contributed by atoms with Crippen molar-refractivity contribution in [2.24, 2.45) is 0 Å². The van der Waals surface area contributed by atoms with Crippen LogP contribution in [0.5, 0.6) is 5.75 Å². The molecule has 0 unspecified atom stereocenters. The summed E-state index contributed by atoms with van der Waals surface area (Å²) >= 11 is 5.73. The van der Waals surface area contributed by atoms with Gasteiger partial charge in [-0.25, -0.2) is 0 Å². The summed E-state index contributed by atoms with van der Waals surface area (Å²) in [6.07, 6.45) is -11.9. The fourth-order valence-corrected chi connectivity index (χ4v) is 2.30. The van der Waals surface area contributed by atoms with E-state index in [2.05, 4.69) is 0 Å². The molecule has 25 heavy (non-hydrogen) atoms. The van der Waals surface area contributed by atoms with Crippen molar-refractivity contribution in [2.75, 3.05) is 0 Å². The summed E-state index contributed by atoms with van der Waals surface area (Å²) in [6, 6.07) is 10.4. The summed E-state index contributed by atoms with van der Waals surface area (Å²) in [4.78, 5) is 0. The summed E-state index contributed by atoms with van der Waals surface area (Å²) in [5.74, 6) is -0.110. The SMILES string of the molecule is OC(c1ccc(OCc2ccccc2)c(Cl)c1)(C(F)(F)F)C(F)(F)F. The van der Waals surface area contributed by atoms with E-state index in [-0.39, 0.29) is 12.4 Å². The Morgan fingerprint density at radius 3 is 1.92 bits per heavy atom. The van der Waals surface area contributed by atoms with Crippen LogP contribution in [0.4, 0.5) is 26.3 Å². The van der Waals surface area contributed by atoms with Crippen molar-refractivity contribution < 1.29 is 36.2 Å². The molecule has 0 atom stereocenters. The predicted octanol–water partition coefficient (Wildman–Crippen LogP) is 5.23. The molecular weight excluding hydrogens is 374 g/mol. The van der Waals surface area contributed by atoms with E-state index < -0.39 is 28.5 Å². The Kier molecular flexibility index (Phi) is 5.24. The van der Waals surface area contributed by atoms with Crippen LogP contribution in [0.25, 0.3) is 0 Å². The first kappa shape index (κ1) is 19.4. The van der Waals surface area contributed by atoms with Gasteiger partial charge >= 0.3 is 12.4 Å². The maximum atomic E-state index is 12.8. The fourth-order valence-electron chi connectivity index (χ4n) is 2.07. The Morgan fingerprint density at radius 1 is 0.880 bits per heavy atom. The van der Waals surface area contributed by atoms with Crippen LogP contribution in [0.1, 0.15) is 11.1 Å². The molecule has 2 aromatic carbocycles. The Bertz CT molecular complexity index is 714. The standard InChI is InChI=1S/C16H11ClF6O2/c17-12-8-11(14(24,15(18,19)20)16(21,22)23)6-7-13(12)25-9-10-4-2-1-3-5-10/h1-8,24H,9H2. The maximum absolute atomic E-state index is 12.8. The second-order valence-electron chi connectivity index (χ2n) is 5.13. The average Bonchev–Trinajstić information content (AvgIpc) is 2.51. The third-order valence-electron chi connectivity index (χ3n) is 3.41. The van der Waals surface area contributed by atoms with Crippen LogP contribution in [-0.4, -0.2) is 17.5 Å². The molecule has 0 bridgehead atoms. The van der Waals surface area contributed by atoms with Crippen molar-refractivity contribution in [3.05, 3.63) is 64.7 Å². The van der Waals surface area contributed by atoms with Gasteiger partial charge in [0.05, 0.1) is 5.02 Å². The molecule has 1 N–H and O–H groups in total. The van der Waals surface area contributed by atoms with E-state index >= 15 is 0 Å². The molecule has 0 fully saturated rings. The fraction of sp³-hybridized carbons (Fsp3) is 0.250. The van der Waals surface area contributed by atoms with Gasteiger partial charge in [0.25, 0.3) is 5.60 Å². The van der Waals surface area contributed by atoms with Crippen LogP contribution < -0.4 is 4.74 Å². The van der Waals surface area contributed by atoms with Crippen LogP contribution in [0.3, 0.4) is 0 Å². The van der Waals surface area contributed by atoms with Gasteiger partial charge in [-0.1, -0.05) is 48.0 Å². The van der Waals surface area contributed by atoms with Crippen LogP contribution in [0.15, 0.2) is 48.5 Å². The topological polar surface area (TPSA) is 29.5 Å². The Morgan fingerprint density at radius 2 is 1.44 bits per heavy atom. The highest BCUT2D eigenvalue weighted by Crippen LogP contribution is 2.50. The lowest BCUT2D eigenvalue weighted by Gasteiger charge is -2.32. The molecular formula is C16H11ClF6O2. The number of ether oxygens (including phenoxy) is 1. The van der Waals surface area contributed by atoms with Crippen molar-refractivity contribution in [3.63, 3.8) is 0 Å². The number of benzene rings is 2. The zero-order valence-corrected chi connectivity index (χ0v) is 13.1. The molecule has 0 spiro atoms. The van der Waals surface area contributed by atoms with Crippen molar-refractivity contribution in [3.8, 4) is 5.75 Å². The molecule has 0 radical (unpaired) electrons. The zero-order valence-electron chi connectivity index (χ0n) is 12.3. The molecule has 0 saturated heterocycles. The number of aliphatic hydroxyl groups is 1. The van der Waals surface area contributed by atoms with Gasteiger partial charge in [-0.05, 0) is 17.7 Å². The quantitative estimate of drug-likeness (QED) is 0.731. The number of rotatable bonds is 4. The van der Waals surface area contributed by atoms with Crippen LogP contribution in [-0.2, 0) is 12.2 Å². The second kappa shape index (κ2) is 6.76. The molecule has 0 aliphatic carbocycles. The number of hydrogen-bond acceptors (Lipinski definition) is 2. The summed E-state index contributed by atoms with van der Waals surface area (Å²) in [5, 5.41) is 8.84. The van der Waals surface area contributed by atoms with Crippen molar-refractivity contribution in [1.29, 1.82) is 0 Å². The highest BCUT2D eigenvalue weighted by Gasteiger charge is 2.71. The van der Waals surface area contributed by atoms with Crippen LogP contribution in [0.2, 0.25) is 5.02 Å². The van der Waals surface area contributed by atoms with Crippen LogP contribution >= 0.6 is 11.6 Å². The van der Waals surface area contributed by atoms with Crippen molar-refractivity contribution in [1.82, 2.24) is 0 Å². The smallest absolute Gasteiger partial charge is 0.430 e. The Labute approximate surface area is 143 Å². The molecule has 2 aromatic rings. The number of alkyl halides is 6. The van der Waals surface area contributed by atoms with Gasteiger partial charge in [-0.2, -0.15) is 26.3 Å². The van der Waals surface area contributed by atoms with Crippen molar-refractivity contribution >= 4 is 11.6 Å². The van der Waals surface area contributed by atoms with Crippen LogP contribution in [0, 0.1) is 0 Å². The molecule has 9 heteroatoms. The molecule has 0 heterocycles. The number of halogens is 7. The van der Waals surface area contributed by atoms with E-state index in [1.165, 1.54) is 0 Å². The first-order chi connectivity index (χ1) is 11.5. The van der Waals surface area contributed by atoms with Gasteiger partial charge in [0, 0.05) is 5.56 Å². The van der Waals surface area contributed by atoms with Gasteiger partial charge in [0.15, 0.2) is 0 Å². The van der Waals surface area contributed by atoms with E-state index in [9.17, 15) is 31.4 Å². The third kappa shape index (κ3) is 3.85. The zero-order chi connectivity index (χ0) is 18.9. The van der Waals surface area contributed by atoms with Gasteiger partial charge in [0.2, 0.25) is 0 Å². The number of hydrogen-bond donors (Lipinski definition) is 1. The lowest BCUT2D eigenvalue weighted by atomic mass is 9.92. The molecule has 0 aliphatic rings. The molecule has 0 aromatic heterocycles. The molecule has 0 aliphatic heterocycles. The van der Waals surface area contributed by atoms with Gasteiger partial charge in [-0.15, -0.1) is 0 Å². The molecule has 0 saturated carbocycles. The molecule has 0 amide bonds. The summed E-state index contributed by atoms with van der Waals surface area (Å²) in [6.45, 7) is 0.0166. The minimum absolute atomic E-state index is 0.0166. The van der Waals surface area contributed by atoms with E-state index in [1.807, 2.05) is 0 Å². The largest absolute Gasteiger partial charge is 0.487 e. The van der Waals surface area contributed by atoms with E-state index in [4.69, 9.17) is 16.3 Å². The molecule has 2 rings (SSSR count). The first-order valence-corrected chi connectivity index (χ1v) is 7.17. The van der Waals surface area contributed by atoms with Gasteiger partial charge in [0.1, 0.15) is 12.4 Å². The maximum Gasteiger partial charge on any atom is 0.430 e. The minimum Gasteiger partial charge on any atom is -0.487 e. The second-order valence-corrected chi connectivity index (χ2v) is 5.53. The highest BCUT2D eigenvalue weighted by molar-refractivity contribution is 6.32. The van der Waals surface area contributed by atoms with E-state index in [0.29, 0.717) is 12.1 Å². The molecule has 136 valence electrons. The molecule has 2 nitrogen and oxygen atoms in total. The minimum atomic E-state index is -5.97. The Hall–Kier alpha value is -1.93. The first-order valence-electron chi connectivity index (χ1n) is 6.79. The van der Waals surface area contributed by atoms with Crippen molar-refractivity contribution in [2.45, 2.75) is 24.6 Å². The average molecular weight is 385 g/mol. The third-order valence-corrected chi connectivity index (χ3v) is 3.70. The summed E-state index contributed by atoms with van der Waals surface area (Å²) in [5.41, 5.74) is -5.74. The predicted molar refractivity (Wildman–Crippen MR) is 78.2 cm³/mol. The summed E-state index contributed by atoms with van der Waals surface area (Å²) < 4.78 is 82.3. The highest BCUT2D eigenvalue weighted by atomic mass is 35.5. The van der Waals surface area contributed by atoms with Gasteiger partial charge < -0.3 is 9.84 Å². The van der Waals surface area contributed by atoms with E-state index in [1.54, 1.807) is 30.3 Å². The van der Waals surface area contributed by atoms with Gasteiger partial charge in [-0.3, -0.25) is 0 Å². The monoisotopic (exact) mass is 384 g/mol.